The summed E-state index contributed by atoms with van der Waals surface area (Å²) < 4.78 is 10.1. The molecule has 1 aliphatic heterocycles. The molecule has 4 N–H and O–H groups in total. The lowest BCUT2D eigenvalue weighted by atomic mass is 9.99. The van der Waals surface area contributed by atoms with Crippen molar-refractivity contribution in [2.75, 3.05) is 13.2 Å². The minimum absolute atomic E-state index is 0.142. The van der Waals surface area contributed by atoms with Crippen molar-refractivity contribution in [3.8, 4) is 0 Å². The molecule has 15 heavy (non-hydrogen) atoms. The van der Waals surface area contributed by atoms with Crippen LogP contribution in [0.1, 0.15) is 0 Å². The van der Waals surface area contributed by atoms with E-state index < -0.39 is 37.3 Å². The molecule has 1 rings (SSSR count). The predicted octanol–water partition coefficient (Wildman–Crippen LogP) is -2.01. The quantitative estimate of drug-likeness (QED) is 0.408. The highest BCUT2D eigenvalue weighted by atomic mass is 16.7. The van der Waals surface area contributed by atoms with E-state index in [9.17, 15) is 15.3 Å². The molecule has 5 atom stereocenters. The summed E-state index contributed by atoms with van der Waals surface area (Å²) in [6, 6.07) is 0. The molecular formula is C9H16O6. The van der Waals surface area contributed by atoms with Gasteiger partial charge in [-0.1, -0.05) is 6.08 Å². The Morgan fingerprint density at radius 3 is 2.40 bits per heavy atom. The molecule has 0 aromatic rings. The van der Waals surface area contributed by atoms with Crippen LogP contribution in [0.5, 0.6) is 0 Å². The Balaban J connectivity index is 2.60. The summed E-state index contributed by atoms with van der Waals surface area (Å²) in [5, 5.41) is 37.1. The van der Waals surface area contributed by atoms with E-state index in [4.69, 9.17) is 14.6 Å². The average molecular weight is 220 g/mol. The first kappa shape index (κ1) is 12.6. The Morgan fingerprint density at radius 2 is 1.87 bits per heavy atom. The zero-order valence-corrected chi connectivity index (χ0v) is 8.19. The monoisotopic (exact) mass is 220 g/mol. The Hall–Kier alpha value is -0.500. The molecule has 0 aliphatic carbocycles. The van der Waals surface area contributed by atoms with Crippen LogP contribution in [0.25, 0.3) is 0 Å². The summed E-state index contributed by atoms with van der Waals surface area (Å²) in [7, 11) is 0. The van der Waals surface area contributed by atoms with Crippen LogP contribution in [0, 0.1) is 0 Å². The zero-order chi connectivity index (χ0) is 11.4. The summed E-state index contributed by atoms with van der Waals surface area (Å²) >= 11 is 0. The fourth-order valence-corrected chi connectivity index (χ4v) is 1.37. The summed E-state index contributed by atoms with van der Waals surface area (Å²) in [5.74, 6) is 0. The summed E-state index contributed by atoms with van der Waals surface area (Å²) in [4.78, 5) is 0. The van der Waals surface area contributed by atoms with E-state index in [0.29, 0.717) is 0 Å². The molecular weight excluding hydrogens is 204 g/mol. The summed E-state index contributed by atoms with van der Waals surface area (Å²) in [6.07, 6.45) is -4.64. The van der Waals surface area contributed by atoms with Crippen LogP contribution in [-0.4, -0.2) is 64.3 Å². The topological polar surface area (TPSA) is 99.4 Å². The maximum absolute atomic E-state index is 9.47. The van der Waals surface area contributed by atoms with Gasteiger partial charge >= 0.3 is 0 Å². The average Bonchev–Trinajstić information content (AvgIpc) is 2.25. The number of rotatable bonds is 4. The van der Waals surface area contributed by atoms with Gasteiger partial charge in [0, 0.05) is 0 Å². The van der Waals surface area contributed by atoms with Crippen LogP contribution in [-0.2, 0) is 9.47 Å². The third-order valence-electron chi connectivity index (χ3n) is 2.23. The van der Waals surface area contributed by atoms with Crippen LogP contribution in [0.15, 0.2) is 12.7 Å². The fraction of sp³-hybridized carbons (Fsp3) is 0.778. The van der Waals surface area contributed by atoms with Crippen molar-refractivity contribution in [3.05, 3.63) is 12.7 Å². The minimum atomic E-state index is -1.40. The number of aliphatic hydroxyl groups is 4. The second-order valence-corrected chi connectivity index (χ2v) is 3.32. The highest BCUT2D eigenvalue weighted by molar-refractivity contribution is 4.89. The van der Waals surface area contributed by atoms with Crippen LogP contribution in [0.4, 0.5) is 0 Å². The molecule has 3 unspecified atom stereocenters. The van der Waals surface area contributed by atoms with Gasteiger partial charge in [0.15, 0.2) is 6.29 Å². The Morgan fingerprint density at radius 1 is 1.20 bits per heavy atom. The molecule has 0 aromatic heterocycles. The fourth-order valence-electron chi connectivity index (χ4n) is 1.37. The molecule has 0 spiro atoms. The van der Waals surface area contributed by atoms with Crippen molar-refractivity contribution in [2.24, 2.45) is 0 Å². The second kappa shape index (κ2) is 5.55. The van der Waals surface area contributed by atoms with E-state index in [1.807, 2.05) is 0 Å². The zero-order valence-electron chi connectivity index (χ0n) is 8.19. The van der Waals surface area contributed by atoms with E-state index in [-0.39, 0.29) is 6.61 Å². The van der Waals surface area contributed by atoms with E-state index in [2.05, 4.69) is 6.58 Å². The molecule has 0 aromatic carbocycles. The molecule has 88 valence electrons. The largest absolute Gasteiger partial charge is 0.394 e. The van der Waals surface area contributed by atoms with Crippen LogP contribution >= 0.6 is 0 Å². The van der Waals surface area contributed by atoms with Crippen LogP contribution < -0.4 is 0 Å². The van der Waals surface area contributed by atoms with Gasteiger partial charge in [-0.05, 0) is 0 Å². The van der Waals surface area contributed by atoms with E-state index in [1.54, 1.807) is 0 Å². The van der Waals surface area contributed by atoms with Gasteiger partial charge in [-0.3, -0.25) is 0 Å². The molecule has 0 saturated carbocycles. The lowest BCUT2D eigenvalue weighted by molar-refractivity contribution is -0.298. The van der Waals surface area contributed by atoms with Crippen molar-refractivity contribution in [1.29, 1.82) is 0 Å². The molecule has 0 bridgehead atoms. The van der Waals surface area contributed by atoms with Gasteiger partial charge in [-0.2, -0.15) is 0 Å². The molecule has 0 amide bonds. The van der Waals surface area contributed by atoms with E-state index in [0.717, 1.165) is 0 Å². The number of aliphatic hydroxyl groups excluding tert-OH is 4. The second-order valence-electron chi connectivity index (χ2n) is 3.32. The van der Waals surface area contributed by atoms with Crippen LogP contribution in [0.3, 0.4) is 0 Å². The first-order valence-electron chi connectivity index (χ1n) is 4.64. The molecule has 0 radical (unpaired) electrons. The Bertz CT molecular complexity index is 207. The number of ether oxygens (including phenoxy) is 2. The SMILES string of the molecule is C=CCOC1OC(CO)[C@H](O)[C@H](O)C1O. The smallest absolute Gasteiger partial charge is 0.187 e. The van der Waals surface area contributed by atoms with Crippen LogP contribution in [0.2, 0.25) is 0 Å². The number of hydrogen-bond acceptors (Lipinski definition) is 6. The van der Waals surface area contributed by atoms with Gasteiger partial charge in [-0.25, -0.2) is 0 Å². The molecule has 1 fully saturated rings. The number of hydrogen-bond donors (Lipinski definition) is 4. The van der Waals surface area contributed by atoms with Crippen molar-refractivity contribution in [3.63, 3.8) is 0 Å². The lowest BCUT2D eigenvalue weighted by Crippen LogP contribution is -2.59. The highest BCUT2D eigenvalue weighted by Crippen LogP contribution is 2.21. The molecule has 6 nitrogen and oxygen atoms in total. The van der Waals surface area contributed by atoms with Crippen molar-refractivity contribution < 1.29 is 29.9 Å². The Kier molecular flexibility index (Phi) is 4.65. The minimum Gasteiger partial charge on any atom is -0.394 e. The van der Waals surface area contributed by atoms with E-state index in [1.165, 1.54) is 6.08 Å². The summed E-state index contributed by atoms with van der Waals surface area (Å²) in [5.41, 5.74) is 0. The first-order valence-corrected chi connectivity index (χ1v) is 4.64. The molecule has 1 saturated heterocycles. The van der Waals surface area contributed by atoms with Crippen molar-refractivity contribution in [2.45, 2.75) is 30.7 Å². The van der Waals surface area contributed by atoms with Gasteiger partial charge in [0.05, 0.1) is 13.2 Å². The lowest BCUT2D eigenvalue weighted by Gasteiger charge is -2.39. The molecule has 1 aliphatic rings. The third-order valence-corrected chi connectivity index (χ3v) is 2.23. The van der Waals surface area contributed by atoms with Gasteiger partial charge in [0.1, 0.15) is 24.4 Å². The van der Waals surface area contributed by atoms with Crippen molar-refractivity contribution in [1.82, 2.24) is 0 Å². The molecule has 1 heterocycles. The van der Waals surface area contributed by atoms with Gasteiger partial charge in [-0.15, -0.1) is 6.58 Å². The first-order chi connectivity index (χ1) is 7.11. The third kappa shape index (κ3) is 2.75. The molecule has 6 heteroatoms. The highest BCUT2D eigenvalue weighted by Gasteiger charge is 2.43. The Labute approximate surface area is 87.4 Å². The maximum Gasteiger partial charge on any atom is 0.187 e. The normalized spacial score (nSPS) is 41.5. The van der Waals surface area contributed by atoms with Gasteiger partial charge < -0.3 is 29.9 Å². The van der Waals surface area contributed by atoms with E-state index >= 15 is 0 Å². The van der Waals surface area contributed by atoms with Gasteiger partial charge in [0.2, 0.25) is 0 Å². The van der Waals surface area contributed by atoms with Crippen molar-refractivity contribution >= 4 is 0 Å². The standard InChI is InChI=1S/C9H16O6/c1-2-3-14-9-8(13)7(12)6(11)5(4-10)15-9/h2,5-13H,1,3-4H2/t5?,6-,7-,8?,9?/m0/s1. The maximum atomic E-state index is 9.47. The summed E-state index contributed by atoms with van der Waals surface area (Å²) in [6.45, 7) is 3.10. The predicted molar refractivity (Wildman–Crippen MR) is 49.9 cm³/mol. The van der Waals surface area contributed by atoms with Gasteiger partial charge in [0.25, 0.3) is 0 Å².